The number of ether oxygens (including phenoxy) is 1. The molecule has 1 aliphatic rings. The molecule has 6 nitrogen and oxygen atoms in total. The molecule has 0 heterocycles. The van der Waals surface area contributed by atoms with Gasteiger partial charge in [0, 0.05) is 29.8 Å². The number of hydrogen-bond donors (Lipinski definition) is 0. The van der Waals surface area contributed by atoms with Gasteiger partial charge in [0.25, 0.3) is 0 Å². The van der Waals surface area contributed by atoms with Crippen molar-refractivity contribution in [3.05, 3.63) is 33.3 Å². The van der Waals surface area contributed by atoms with Gasteiger partial charge in [0.1, 0.15) is 15.9 Å². The molecule has 1 fully saturated rings. The van der Waals surface area contributed by atoms with Crippen LogP contribution in [0.25, 0.3) is 0 Å². The van der Waals surface area contributed by atoms with E-state index >= 15 is 0 Å². The van der Waals surface area contributed by atoms with Crippen molar-refractivity contribution in [3.8, 4) is 5.75 Å². The number of nitro benzene ring substituents is 1. The van der Waals surface area contributed by atoms with Crippen molar-refractivity contribution in [1.29, 1.82) is 0 Å². The van der Waals surface area contributed by atoms with Gasteiger partial charge in [-0.3, -0.25) is 10.1 Å². The summed E-state index contributed by atoms with van der Waals surface area (Å²) in [5, 5.41) is 10.9. The summed E-state index contributed by atoms with van der Waals surface area (Å²) in [6.07, 6.45) is 3.21. The normalized spacial score (nSPS) is 22.8. The fourth-order valence-electron chi connectivity index (χ4n) is 2.51. The van der Waals surface area contributed by atoms with Gasteiger partial charge in [0.05, 0.1) is 10.2 Å². The second kappa shape index (κ2) is 6.19. The van der Waals surface area contributed by atoms with E-state index in [9.17, 15) is 18.5 Å². The standard InChI is InChI=1S/C13H16ClNO5S/c1-21(18,19)11-4-2-3-10(8-11)20-13-7-9(14)5-6-12(13)15(16)17/h5-7,10-11H,2-4,8H2,1H3. The van der Waals surface area contributed by atoms with E-state index in [1.165, 1.54) is 24.5 Å². The van der Waals surface area contributed by atoms with E-state index in [0.29, 0.717) is 24.3 Å². The van der Waals surface area contributed by atoms with Crippen LogP contribution in [0, 0.1) is 10.1 Å². The summed E-state index contributed by atoms with van der Waals surface area (Å²) in [7, 11) is -3.13. The smallest absolute Gasteiger partial charge is 0.311 e. The average Bonchev–Trinajstić information content (AvgIpc) is 2.37. The zero-order chi connectivity index (χ0) is 15.6. The minimum atomic E-state index is -3.13. The van der Waals surface area contributed by atoms with Crippen LogP contribution in [0.5, 0.6) is 5.75 Å². The second-order valence-electron chi connectivity index (χ2n) is 5.23. The molecule has 0 aliphatic heterocycles. The quantitative estimate of drug-likeness (QED) is 0.624. The zero-order valence-corrected chi connectivity index (χ0v) is 13.1. The minimum Gasteiger partial charge on any atom is -0.483 e. The summed E-state index contributed by atoms with van der Waals surface area (Å²) in [6, 6.07) is 4.10. The van der Waals surface area contributed by atoms with Crippen LogP contribution in [-0.4, -0.2) is 31.0 Å². The van der Waals surface area contributed by atoms with Crippen LogP contribution < -0.4 is 4.74 Å². The maximum absolute atomic E-state index is 11.6. The van der Waals surface area contributed by atoms with E-state index in [1.54, 1.807) is 0 Å². The highest BCUT2D eigenvalue weighted by Crippen LogP contribution is 2.34. The molecule has 1 aromatic rings. The number of sulfone groups is 1. The van der Waals surface area contributed by atoms with E-state index in [4.69, 9.17) is 16.3 Å². The number of nitro groups is 1. The van der Waals surface area contributed by atoms with Gasteiger partial charge in [-0.25, -0.2) is 8.42 Å². The van der Waals surface area contributed by atoms with E-state index in [1.807, 2.05) is 0 Å². The number of hydrogen-bond acceptors (Lipinski definition) is 5. The molecule has 0 aromatic heterocycles. The first-order valence-electron chi connectivity index (χ1n) is 6.57. The Hall–Kier alpha value is -1.34. The lowest BCUT2D eigenvalue weighted by Gasteiger charge is -2.28. The highest BCUT2D eigenvalue weighted by atomic mass is 35.5. The number of halogens is 1. The first-order valence-corrected chi connectivity index (χ1v) is 8.90. The van der Waals surface area contributed by atoms with Crippen LogP contribution in [0.15, 0.2) is 18.2 Å². The Labute approximate surface area is 128 Å². The third-order valence-electron chi connectivity index (χ3n) is 3.60. The Morgan fingerprint density at radius 1 is 1.38 bits per heavy atom. The lowest BCUT2D eigenvalue weighted by atomic mass is 9.97. The van der Waals surface area contributed by atoms with Crippen molar-refractivity contribution < 1.29 is 18.1 Å². The maximum Gasteiger partial charge on any atom is 0.311 e. The molecular weight excluding hydrogens is 318 g/mol. The molecule has 8 heteroatoms. The largest absolute Gasteiger partial charge is 0.483 e. The van der Waals surface area contributed by atoms with Gasteiger partial charge in [0.2, 0.25) is 0 Å². The van der Waals surface area contributed by atoms with Crippen molar-refractivity contribution in [2.24, 2.45) is 0 Å². The first kappa shape index (κ1) is 16.0. The Balaban J connectivity index is 2.18. The van der Waals surface area contributed by atoms with E-state index in [2.05, 4.69) is 0 Å². The molecule has 2 rings (SSSR count). The molecule has 116 valence electrons. The van der Waals surface area contributed by atoms with E-state index in [0.717, 1.165) is 6.42 Å². The molecule has 21 heavy (non-hydrogen) atoms. The Morgan fingerprint density at radius 2 is 2.10 bits per heavy atom. The lowest BCUT2D eigenvalue weighted by molar-refractivity contribution is -0.386. The van der Waals surface area contributed by atoms with Gasteiger partial charge in [-0.2, -0.15) is 0 Å². The molecule has 0 spiro atoms. The summed E-state index contributed by atoms with van der Waals surface area (Å²) >= 11 is 5.84. The van der Waals surface area contributed by atoms with Crippen LogP contribution in [0.4, 0.5) is 5.69 Å². The van der Waals surface area contributed by atoms with Crippen molar-refractivity contribution in [1.82, 2.24) is 0 Å². The molecule has 0 bridgehead atoms. The maximum atomic E-state index is 11.6. The van der Waals surface area contributed by atoms with Crippen LogP contribution in [0.1, 0.15) is 25.7 Å². The highest BCUT2D eigenvalue weighted by Gasteiger charge is 2.31. The Kier molecular flexibility index (Phi) is 4.73. The van der Waals surface area contributed by atoms with Crippen molar-refractivity contribution in [2.45, 2.75) is 37.0 Å². The van der Waals surface area contributed by atoms with Crippen molar-refractivity contribution >= 4 is 27.1 Å². The molecule has 1 aliphatic carbocycles. The van der Waals surface area contributed by atoms with Gasteiger partial charge < -0.3 is 4.74 Å². The van der Waals surface area contributed by atoms with Crippen molar-refractivity contribution in [2.75, 3.05) is 6.26 Å². The molecule has 1 aromatic carbocycles. The SMILES string of the molecule is CS(=O)(=O)C1CCCC(Oc2cc(Cl)ccc2[N+](=O)[O-])C1. The second-order valence-corrected chi connectivity index (χ2v) is 7.99. The minimum absolute atomic E-state index is 0.0895. The van der Waals surface area contributed by atoms with Gasteiger partial charge in [0.15, 0.2) is 5.75 Å². The third kappa shape index (κ3) is 4.07. The molecule has 0 radical (unpaired) electrons. The molecule has 0 N–H and O–H groups in total. The summed E-state index contributed by atoms with van der Waals surface area (Å²) in [6.45, 7) is 0. The van der Waals surface area contributed by atoms with E-state index in [-0.39, 0.29) is 17.5 Å². The molecule has 0 saturated heterocycles. The van der Waals surface area contributed by atoms with Gasteiger partial charge in [-0.05, 0) is 25.3 Å². The molecule has 2 unspecified atom stereocenters. The zero-order valence-electron chi connectivity index (χ0n) is 11.5. The molecule has 0 amide bonds. The monoisotopic (exact) mass is 333 g/mol. The van der Waals surface area contributed by atoms with E-state index < -0.39 is 20.0 Å². The topological polar surface area (TPSA) is 86.5 Å². The number of nitrogens with zero attached hydrogens (tertiary/aromatic N) is 1. The van der Waals surface area contributed by atoms with Gasteiger partial charge >= 0.3 is 5.69 Å². The van der Waals surface area contributed by atoms with Crippen LogP contribution in [0.3, 0.4) is 0 Å². The summed E-state index contributed by atoms with van der Waals surface area (Å²) in [4.78, 5) is 10.4. The predicted octanol–water partition coefficient (Wildman–Crippen LogP) is 2.98. The Morgan fingerprint density at radius 3 is 2.71 bits per heavy atom. The van der Waals surface area contributed by atoms with Crippen LogP contribution >= 0.6 is 11.6 Å². The summed E-state index contributed by atoms with van der Waals surface area (Å²) < 4.78 is 28.9. The van der Waals surface area contributed by atoms with Gasteiger partial charge in [-0.15, -0.1) is 0 Å². The molecule has 2 atom stereocenters. The molecule has 1 saturated carbocycles. The first-order chi connectivity index (χ1) is 9.77. The van der Waals surface area contributed by atoms with Crippen molar-refractivity contribution in [3.63, 3.8) is 0 Å². The fourth-order valence-corrected chi connectivity index (χ4v) is 3.83. The predicted molar refractivity (Wildman–Crippen MR) is 79.6 cm³/mol. The lowest BCUT2D eigenvalue weighted by Crippen LogP contribution is -2.33. The molecular formula is C13H16ClNO5S. The summed E-state index contributed by atoms with van der Waals surface area (Å²) in [5.41, 5.74) is -0.166. The van der Waals surface area contributed by atoms with Crippen LogP contribution in [0.2, 0.25) is 5.02 Å². The third-order valence-corrected chi connectivity index (χ3v) is 5.47. The number of benzene rings is 1. The highest BCUT2D eigenvalue weighted by molar-refractivity contribution is 7.91. The summed E-state index contributed by atoms with van der Waals surface area (Å²) in [5.74, 6) is 0.0895. The Bertz CT molecular complexity index is 646. The van der Waals surface area contributed by atoms with Crippen LogP contribution in [-0.2, 0) is 9.84 Å². The van der Waals surface area contributed by atoms with Gasteiger partial charge in [-0.1, -0.05) is 11.6 Å². The number of rotatable bonds is 4. The fraction of sp³-hybridized carbons (Fsp3) is 0.538. The average molecular weight is 334 g/mol.